The van der Waals surface area contributed by atoms with Crippen molar-refractivity contribution in [1.29, 1.82) is 0 Å². The van der Waals surface area contributed by atoms with Gasteiger partial charge < -0.3 is 15.2 Å². The van der Waals surface area contributed by atoms with E-state index in [1.165, 1.54) is 11.3 Å². The van der Waals surface area contributed by atoms with Gasteiger partial charge in [-0.2, -0.15) is 0 Å². The molecule has 0 amide bonds. The van der Waals surface area contributed by atoms with E-state index in [0.717, 1.165) is 17.0 Å². The van der Waals surface area contributed by atoms with E-state index in [1.54, 1.807) is 7.11 Å². The zero-order chi connectivity index (χ0) is 11.4. The molecule has 1 heterocycles. The molecule has 2 rings (SSSR count). The molecule has 0 fully saturated rings. The molecule has 4 nitrogen and oxygen atoms in total. The average molecular weight is 236 g/mol. The van der Waals surface area contributed by atoms with Crippen molar-refractivity contribution in [2.75, 3.05) is 19.6 Å². The Morgan fingerprint density at radius 2 is 2.06 bits per heavy atom. The van der Waals surface area contributed by atoms with Crippen molar-refractivity contribution in [3.63, 3.8) is 0 Å². The van der Waals surface area contributed by atoms with Crippen LogP contribution in [0, 0.1) is 0 Å². The van der Waals surface area contributed by atoms with Crippen molar-refractivity contribution in [1.82, 2.24) is 4.98 Å². The number of hydrogen-bond donors (Lipinski definition) is 1. The van der Waals surface area contributed by atoms with Crippen LogP contribution in [0.25, 0.3) is 11.3 Å². The normalized spacial score (nSPS) is 10.3. The van der Waals surface area contributed by atoms with Crippen LogP contribution in [0.2, 0.25) is 0 Å². The van der Waals surface area contributed by atoms with Gasteiger partial charge in [0, 0.05) is 18.1 Å². The molecule has 2 aromatic rings. The molecule has 1 aromatic carbocycles. The summed E-state index contributed by atoms with van der Waals surface area (Å²) in [5.41, 5.74) is 7.49. The lowest BCUT2D eigenvalue weighted by atomic mass is 10.2. The first-order valence-electron chi connectivity index (χ1n) is 4.73. The Bertz CT molecular complexity index is 453. The monoisotopic (exact) mass is 236 g/mol. The number of aromatic nitrogens is 1. The Balaban J connectivity index is 2.13. The van der Waals surface area contributed by atoms with Crippen LogP contribution in [-0.4, -0.2) is 18.9 Å². The Labute approximate surface area is 97.6 Å². The summed E-state index contributed by atoms with van der Waals surface area (Å²) in [6.45, 7) is 0.253. The summed E-state index contributed by atoms with van der Waals surface area (Å²) in [5.74, 6) is 0.772. The van der Waals surface area contributed by atoms with Crippen LogP contribution in [0.4, 0.5) is 5.13 Å². The van der Waals surface area contributed by atoms with Crippen LogP contribution in [0.3, 0.4) is 0 Å². The molecular weight excluding hydrogens is 224 g/mol. The first-order chi connectivity index (χ1) is 7.79. The second-order valence-corrected chi connectivity index (χ2v) is 4.04. The van der Waals surface area contributed by atoms with Crippen molar-refractivity contribution in [2.24, 2.45) is 0 Å². The first kappa shape index (κ1) is 10.9. The summed E-state index contributed by atoms with van der Waals surface area (Å²) in [6, 6.07) is 7.65. The van der Waals surface area contributed by atoms with Gasteiger partial charge in [-0.1, -0.05) is 0 Å². The van der Waals surface area contributed by atoms with Crippen LogP contribution < -0.4 is 10.5 Å². The number of hydrogen-bond acceptors (Lipinski definition) is 5. The first-order valence-corrected chi connectivity index (χ1v) is 5.61. The molecule has 0 atom stereocenters. The highest BCUT2D eigenvalue weighted by atomic mass is 32.1. The fourth-order valence-electron chi connectivity index (χ4n) is 1.27. The summed E-state index contributed by atoms with van der Waals surface area (Å²) in [7, 11) is 1.59. The van der Waals surface area contributed by atoms with Crippen molar-refractivity contribution >= 4 is 16.5 Å². The van der Waals surface area contributed by atoms with E-state index < -0.39 is 0 Å². The molecule has 0 saturated carbocycles. The molecular formula is C11H12N2O2S. The molecule has 5 heteroatoms. The third-order valence-electron chi connectivity index (χ3n) is 2.02. The van der Waals surface area contributed by atoms with Gasteiger partial charge >= 0.3 is 0 Å². The maximum atomic E-state index is 5.58. The number of nitrogen functional groups attached to an aromatic ring is 1. The molecule has 16 heavy (non-hydrogen) atoms. The third-order valence-corrected chi connectivity index (χ3v) is 2.69. The number of benzene rings is 1. The van der Waals surface area contributed by atoms with Gasteiger partial charge in [-0.15, -0.1) is 11.3 Å². The summed E-state index contributed by atoms with van der Waals surface area (Å²) < 4.78 is 10.1. The van der Waals surface area contributed by atoms with E-state index in [2.05, 4.69) is 4.98 Å². The summed E-state index contributed by atoms with van der Waals surface area (Å²) in [6.07, 6.45) is 0. The Hall–Kier alpha value is -1.59. The fraction of sp³-hybridized carbons (Fsp3) is 0.182. The van der Waals surface area contributed by atoms with Gasteiger partial charge in [-0.25, -0.2) is 4.98 Å². The minimum atomic E-state index is 0.253. The Morgan fingerprint density at radius 3 is 2.62 bits per heavy atom. The molecule has 0 aliphatic carbocycles. The summed E-state index contributed by atoms with van der Waals surface area (Å²) in [5, 5.41) is 2.51. The third kappa shape index (κ3) is 2.50. The van der Waals surface area contributed by atoms with Gasteiger partial charge in [0.1, 0.15) is 5.75 Å². The Kier molecular flexibility index (Phi) is 3.38. The van der Waals surface area contributed by atoms with Crippen LogP contribution in [0.15, 0.2) is 29.6 Å². The second-order valence-electron chi connectivity index (χ2n) is 3.15. The molecule has 84 valence electrons. The van der Waals surface area contributed by atoms with E-state index in [1.807, 2.05) is 29.6 Å². The Morgan fingerprint density at radius 1 is 1.31 bits per heavy atom. The van der Waals surface area contributed by atoms with Crippen LogP contribution in [0.1, 0.15) is 0 Å². The number of thiazole rings is 1. The average Bonchev–Trinajstić information content (AvgIpc) is 2.74. The molecule has 0 aliphatic heterocycles. The smallest absolute Gasteiger partial charge is 0.188 e. The fourth-order valence-corrected chi connectivity index (χ4v) is 1.84. The van der Waals surface area contributed by atoms with E-state index in [9.17, 15) is 0 Å². The standard InChI is InChI=1S/C11H12N2O2S/c1-14-7-15-9-4-2-8(3-5-9)10-6-16-11(12)13-10/h2-6H,7H2,1H3,(H2,12,13). The topological polar surface area (TPSA) is 57.4 Å². The van der Waals surface area contributed by atoms with Gasteiger partial charge in [0.25, 0.3) is 0 Å². The maximum Gasteiger partial charge on any atom is 0.188 e. The number of nitrogens with zero attached hydrogens (tertiary/aromatic N) is 1. The van der Waals surface area contributed by atoms with Gasteiger partial charge in [-0.3, -0.25) is 0 Å². The van der Waals surface area contributed by atoms with E-state index in [4.69, 9.17) is 15.2 Å². The largest absolute Gasteiger partial charge is 0.468 e. The minimum absolute atomic E-state index is 0.253. The number of rotatable bonds is 4. The molecule has 0 bridgehead atoms. The molecule has 0 radical (unpaired) electrons. The van der Waals surface area contributed by atoms with Crippen LogP contribution in [0.5, 0.6) is 5.75 Å². The predicted octanol–water partition coefficient (Wildman–Crippen LogP) is 2.38. The highest BCUT2D eigenvalue weighted by Crippen LogP contribution is 2.24. The zero-order valence-electron chi connectivity index (χ0n) is 8.84. The van der Waals surface area contributed by atoms with E-state index >= 15 is 0 Å². The van der Waals surface area contributed by atoms with Crippen molar-refractivity contribution < 1.29 is 9.47 Å². The van der Waals surface area contributed by atoms with E-state index in [0.29, 0.717) is 5.13 Å². The van der Waals surface area contributed by atoms with Gasteiger partial charge in [-0.05, 0) is 24.3 Å². The molecule has 0 aliphatic rings. The lowest BCUT2D eigenvalue weighted by molar-refractivity contribution is 0.0511. The van der Waals surface area contributed by atoms with Crippen LogP contribution in [-0.2, 0) is 4.74 Å². The maximum absolute atomic E-state index is 5.58. The number of nitrogens with two attached hydrogens (primary N) is 1. The predicted molar refractivity (Wildman–Crippen MR) is 64.5 cm³/mol. The highest BCUT2D eigenvalue weighted by molar-refractivity contribution is 7.13. The van der Waals surface area contributed by atoms with Gasteiger partial charge in [0.05, 0.1) is 5.69 Å². The SMILES string of the molecule is COCOc1ccc(-c2csc(N)n2)cc1. The second kappa shape index (κ2) is 4.96. The molecule has 2 N–H and O–H groups in total. The van der Waals surface area contributed by atoms with Crippen LogP contribution >= 0.6 is 11.3 Å². The molecule has 1 aromatic heterocycles. The molecule has 0 saturated heterocycles. The number of ether oxygens (including phenoxy) is 2. The minimum Gasteiger partial charge on any atom is -0.468 e. The number of methoxy groups -OCH3 is 1. The van der Waals surface area contributed by atoms with Gasteiger partial charge in [0.2, 0.25) is 0 Å². The quantitative estimate of drug-likeness (QED) is 0.828. The van der Waals surface area contributed by atoms with Crippen molar-refractivity contribution in [3.05, 3.63) is 29.6 Å². The molecule has 0 spiro atoms. The lowest BCUT2D eigenvalue weighted by Gasteiger charge is -2.04. The lowest BCUT2D eigenvalue weighted by Crippen LogP contribution is -1.98. The summed E-state index contributed by atoms with van der Waals surface area (Å²) in [4.78, 5) is 4.20. The summed E-state index contributed by atoms with van der Waals surface area (Å²) >= 11 is 1.43. The van der Waals surface area contributed by atoms with Crippen molar-refractivity contribution in [2.45, 2.75) is 0 Å². The van der Waals surface area contributed by atoms with Crippen molar-refractivity contribution in [3.8, 4) is 17.0 Å². The van der Waals surface area contributed by atoms with E-state index in [-0.39, 0.29) is 6.79 Å². The van der Waals surface area contributed by atoms with Gasteiger partial charge in [0.15, 0.2) is 11.9 Å². The number of anilines is 1. The molecule has 0 unspecified atom stereocenters. The highest BCUT2D eigenvalue weighted by Gasteiger charge is 2.02. The zero-order valence-corrected chi connectivity index (χ0v) is 9.66.